The van der Waals surface area contributed by atoms with Crippen molar-refractivity contribution in [2.24, 2.45) is 0 Å². The summed E-state index contributed by atoms with van der Waals surface area (Å²) in [5.74, 6) is -1.15. The number of esters is 1. The molecule has 2 aromatic rings. The number of nitrogens with zero attached hydrogens (tertiary/aromatic N) is 1. The van der Waals surface area contributed by atoms with E-state index in [-0.39, 0.29) is 22.4 Å². The number of rotatable bonds is 6. The molecule has 0 unspecified atom stereocenters. The summed E-state index contributed by atoms with van der Waals surface area (Å²) in [4.78, 5) is 36.4. The zero-order chi connectivity index (χ0) is 20.3. The molecule has 9 heteroatoms. The Morgan fingerprint density at radius 1 is 1.37 bits per heavy atom. The number of hydrogen-bond acceptors (Lipinski definition) is 6. The predicted molar refractivity (Wildman–Crippen MR) is 105 cm³/mol. The number of nitro benzene ring substituents is 1. The summed E-state index contributed by atoms with van der Waals surface area (Å²) in [5.41, 5.74) is 0.813. The fourth-order valence-corrected chi connectivity index (χ4v) is 3.88. The first kappa shape index (κ1) is 20.9. The van der Waals surface area contributed by atoms with E-state index in [1.807, 2.05) is 13.8 Å². The Hall–Kier alpha value is -2.45. The van der Waals surface area contributed by atoms with Crippen molar-refractivity contribution in [3.63, 3.8) is 0 Å². The second kappa shape index (κ2) is 8.49. The topological polar surface area (TPSA) is 98.5 Å². The zero-order valence-corrected chi connectivity index (χ0v) is 16.9. The first-order chi connectivity index (χ1) is 12.6. The van der Waals surface area contributed by atoms with Gasteiger partial charge in [0.15, 0.2) is 0 Å². The van der Waals surface area contributed by atoms with Crippen LogP contribution in [0.2, 0.25) is 5.02 Å². The molecule has 0 bridgehead atoms. The van der Waals surface area contributed by atoms with Crippen molar-refractivity contribution in [2.75, 3.05) is 5.32 Å². The maximum atomic E-state index is 12.7. The van der Waals surface area contributed by atoms with Crippen LogP contribution in [0.5, 0.6) is 0 Å². The number of halogens is 1. The lowest BCUT2D eigenvalue weighted by Gasteiger charge is -2.11. The van der Waals surface area contributed by atoms with Crippen LogP contribution < -0.4 is 5.32 Å². The van der Waals surface area contributed by atoms with Gasteiger partial charge in [-0.05, 0) is 38.8 Å². The molecule has 27 heavy (non-hydrogen) atoms. The molecule has 0 saturated heterocycles. The minimum Gasteiger partial charge on any atom is -0.459 e. The van der Waals surface area contributed by atoms with E-state index in [2.05, 4.69) is 5.32 Å². The second-order valence-electron chi connectivity index (χ2n) is 6.02. The number of carbonyl (C=O) groups is 2. The Labute approximate surface area is 165 Å². The normalized spacial score (nSPS) is 10.7. The summed E-state index contributed by atoms with van der Waals surface area (Å²) in [6.07, 6.45) is 0.287. The monoisotopic (exact) mass is 410 g/mol. The third-order valence-corrected chi connectivity index (χ3v) is 5.13. The first-order valence-corrected chi connectivity index (χ1v) is 9.43. The number of hydrogen-bond donors (Lipinski definition) is 1. The first-order valence-electron chi connectivity index (χ1n) is 8.24. The van der Waals surface area contributed by atoms with E-state index in [1.54, 1.807) is 13.8 Å². The van der Waals surface area contributed by atoms with Crippen molar-refractivity contribution in [1.82, 2.24) is 0 Å². The molecular formula is C18H19ClN2O5S. The molecule has 0 fully saturated rings. The van der Waals surface area contributed by atoms with Crippen LogP contribution >= 0.6 is 22.9 Å². The fourth-order valence-electron chi connectivity index (χ4n) is 2.55. The van der Waals surface area contributed by atoms with E-state index < -0.39 is 16.8 Å². The summed E-state index contributed by atoms with van der Waals surface area (Å²) < 4.78 is 5.30. The molecule has 2 rings (SSSR count). The number of anilines is 1. The largest absolute Gasteiger partial charge is 0.459 e. The molecule has 0 aliphatic heterocycles. The third-order valence-electron chi connectivity index (χ3n) is 3.74. The molecule has 7 nitrogen and oxygen atoms in total. The number of ether oxygens (including phenoxy) is 1. The lowest BCUT2D eigenvalue weighted by molar-refractivity contribution is -0.384. The molecule has 1 heterocycles. The van der Waals surface area contributed by atoms with Gasteiger partial charge in [0, 0.05) is 17.0 Å². The summed E-state index contributed by atoms with van der Waals surface area (Å²) in [7, 11) is 0. The predicted octanol–water partition coefficient (Wildman–Crippen LogP) is 5.00. The number of benzene rings is 1. The Bertz CT molecular complexity index is 907. The van der Waals surface area contributed by atoms with Crippen molar-refractivity contribution in [2.45, 2.75) is 40.2 Å². The quantitative estimate of drug-likeness (QED) is 0.410. The Morgan fingerprint density at radius 2 is 2.04 bits per heavy atom. The molecule has 0 atom stereocenters. The molecule has 0 spiro atoms. The Morgan fingerprint density at radius 3 is 2.59 bits per heavy atom. The van der Waals surface area contributed by atoms with Gasteiger partial charge in [-0.15, -0.1) is 11.3 Å². The van der Waals surface area contributed by atoms with E-state index in [0.717, 1.165) is 16.5 Å². The molecule has 1 aromatic carbocycles. The number of nitrogens with one attached hydrogen (secondary N) is 1. The smallest absolute Gasteiger partial charge is 0.341 e. The molecule has 0 saturated carbocycles. The number of thiophene rings is 1. The van der Waals surface area contributed by atoms with Gasteiger partial charge >= 0.3 is 5.97 Å². The standard InChI is InChI=1S/C18H19ClN2O5S/c1-5-12-10(4)27-17(15(12)18(23)26-9(2)3)20-16(22)13-8-11(21(24)25)6-7-14(13)19/h6-9H,5H2,1-4H3,(H,20,22). The summed E-state index contributed by atoms with van der Waals surface area (Å²) >= 11 is 7.28. The highest BCUT2D eigenvalue weighted by atomic mass is 35.5. The number of non-ortho nitro benzene ring substituents is 1. The van der Waals surface area contributed by atoms with Gasteiger partial charge in [0.2, 0.25) is 0 Å². The lowest BCUT2D eigenvalue weighted by atomic mass is 10.1. The van der Waals surface area contributed by atoms with Crippen molar-refractivity contribution in [1.29, 1.82) is 0 Å². The third kappa shape index (κ3) is 4.64. The highest BCUT2D eigenvalue weighted by Crippen LogP contribution is 2.35. The van der Waals surface area contributed by atoms with Gasteiger partial charge in [0.25, 0.3) is 11.6 Å². The number of nitro groups is 1. The highest BCUT2D eigenvalue weighted by Gasteiger charge is 2.25. The lowest BCUT2D eigenvalue weighted by Crippen LogP contribution is -2.17. The van der Waals surface area contributed by atoms with Gasteiger partial charge in [0.1, 0.15) is 5.00 Å². The van der Waals surface area contributed by atoms with Crippen LogP contribution in [0.4, 0.5) is 10.7 Å². The van der Waals surface area contributed by atoms with E-state index in [0.29, 0.717) is 17.0 Å². The molecule has 0 radical (unpaired) electrons. The number of amides is 1. The average Bonchev–Trinajstić information content (AvgIpc) is 2.89. The Balaban J connectivity index is 2.43. The molecule has 0 aliphatic carbocycles. The number of aryl methyl sites for hydroxylation is 1. The van der Waals surface area contributed by atoms with E-state index in [1.165, 1.54) is 23.5 Å². The van der Waals surface area contributed by atoms with Crippen LogP contribution in [0.25, 0.3) is 0 Å². The van der Waals surface area contributed by atoms with Crippen LogP contribution in [-0.4, -0.2) is 22.9 Å². The zero-order valence-electron chi connectivity index (χ0n) is 15.3. The molecule has 1 amide bonds. The molecule has 1 N–H and O–H groups in total. The van der Waals surface area contributed by atoms with Crippen molar-refractivity contribution in [3.05, 3.63) is 54.9 Å². The van der Waals surface area contributed by atoms with Gasteiger partial charge in [-0.2, -0.15) is 0 Å². The van der Waals surface area contributed by atoms with E-state index >= 15 is 0 Å². The van der Waals surface area contributed by atoms with Gasteiger partial charge in [0.05, 0.1) is 27.2 Å². The highest BCUT2D eigenvalue weighted by molar-refractivity contribution is 7.16. The summed E-state index contributed by atoms with van der Waals surface area (Å²) in [5, 5.41) is 14.0. The van der Waals surface area contributed by atoms with Crippen molar-refractivity contribution >= 4 is 45.5 Å². The van der Waals surface area contributed by atoms with Crippen LogP contribution in [-0.2, 0) is 11.2 Å². The molecule has 1 aromatic heterocycles. The maximum absolute atomic E-state index is 12.7. The molecule has 0 aliphatic rings. The van der Waals surface area contributed by atoms with Gasteiger partial charge in [-0.25, -0.2) is 4.79 Å². The Kier molecular flexibility index (Phi) is 6.56. The SMILES string of the molecule is CCc1c(C)sc(NC(=O)c2cc([N+](=O)[O-])ccc2Cl)c1C(=O)OC(C)C. The maximum Gasteiger partial charge on any atom is 0.341 e. The second-order valence-corrected chi connectivity index (χ2v) is 7.66. The minimum absolute atomic E-state index is 0.0434. The van der Waals surface area contributed by atoms with Gasteiger partial charge in [-0.3, -0.25) is 14.9 Å². The fraction of sp³-hybridized carbons (Fsp3) is 0.333. The van der Waals surface area contributed by atoms with Gasteiger partial charge < -0.3 is 10.1 Å². The molecule has 144 valence electrons. The van der Waals surface area contributed by atoms with Crippen LogP contribution in [0.3, 0.4) is 0 Å². The van der Waals surface area contributed by atoms with Crippen molar-refractivity contribution in [3.8, 4) is 0 Å². The van der Waals surface area contributed by atoms with E-state index in [4.69, 9.17) is 16.3 Å². The molecular weight excluding hydrogens is 392 g/mol. The summed E-state index contributed by atoms with van der Waals surface area (Å²) in [6, 6.07) is 3.61. The minimum atomic E-state index is -0.633. The van der Waals surface area contributed by atoms with Crippen LogP contribution in [0.1, 0.15) is 51.9 Å². The van der Waals surface area contributed by atoms with Gasteiger partial charge in [-0.1, -0.05) is 18.5 Å². The average molecular weight is 411 g/mol. The van der Waals surface area contributed by atoms with E-state index in [9.17, 15) is 19.7 Å². The van der Waals surface area contributed by atoms with Crippen molar-refractivity contribution < 1.29 is 19.2 Å². The van der Waals surface area contributed by atoms with Crippen LogP contribution in [0.15, 0.2) is 18.2 Å². The van der Waals surface area contributed by atoms with Crippen LogP contribution in [0, 0.1) is 17.0 Å². The number of carbonyl (C=O) groups excluding carboxylic acids is 2. The summed E-state index contributed by atoms with van der Waals surface area (Å²) in [6.45, 7) is 7.24.